The van der Waals surface area contributed by atoms with Crippen molar-refractivity contribution >= 4 is 22.6 Å². The summed E-state index contributed by atoms with van der Waals surface area (Å²) >= 11 is 1.52. The normalized spacial score (nSPS) is 20.7. The van der Waals surface area contributed by atoms with Gasteiger partial charge in [0.1, 0.15) is 5.82 Å². The van der Waals surface area contributed by atoms with Crippen molar-refractivity contribution in [1.82, 2.24) is 24.5 Å². The van der Waals surface area contributed by atoms with Gasteiger partial charge in [-0.3, -0.25) is 4.99 Å². The summed E-state index contributed by atoms with van der Waals surface area (Å²) in [7, 11) is 1.88. The smallest absolute Gasteiger partial charge is 0.205 e. The second-order valence-electron chi connectivity index (χ2n) is 7.32. The van der Waals surface area contributed by atoms with E-state index >= 15 is 0 Å². The SMILES string of the molecule is CCc1nsc(N2CCN(C(=NC)NCCN3CCC(C)CC3)CC2)n1. The van der Waals surface area contributed by atoms with E-state index in [0.29, 0.717) is 0 Å². The van der Waals surface area contributed by atoms with Gasteiger partial charge in [-0.1, -0.05) is 13.8 Å². The van der Waals surface area contributed by atoms with Gasteiger partial charge in [-0.15, -0.1) is 0 Å². The summed E-state index contributed by atoms with van der Waals surface area (Å²) in [5, 5.41) is 4.61. The van der Waals surface area contributed by atoms with Crippen molar-refractivity contribution in [2.75, 3.05) is 64.3 Å². The fraction of sp³-hybridized carbons (Fsp3) is 0.833. The van der Waals surface area contributed by atoms with Crippen molar-refractivity contribution < 1.29 is 0 Å². The Kier molecular flexibility index (Phi) is 7.07. The van der Waals surface area contributed by atoms with Crippen molar-refractivity contribution in [2.24, 2.45) is 10.9 Å². The molecular weight excluding hydrogens is 346 g/mol. The largest absolute Gasteiger partial charge is 0.355 e. The van der Waals surface area contributed by atoms with Gasteiger partial charge >= 0.3 is 0 Å². The summed E-state index contributed by atoms with van der Waals surface area (Å²) < 4.78 is 4.40. The molecule has 3 rings (SSSR count). The van der Waals surface area contributed by atoms with Crippen molar-refractivity contribution in [3.8, 4) is 0 Å². The zero-order valence-electron chi connectivity index (χ0n) is 16.4. The van der Waals surface area contributed by atoms with E-state index in [4.69, 9.17) is 0 Å². The second-order valence-corrected chi connectivity index (χ2v) is 8.05. The summed E-state index contributed by atoms with van der Waals surface area (Å²) in [4.78, 5) is 16.4. The molecule has 0 aliphatic carbocycles. The molecule has 2 fully saturated rings. The van der Waals surface area contributed by atoms with Gasteiger partial charge in [0.25, 0.3) is 0 Å². The number of guanidine groups is 1. The lowest BCUT2D eigenvalue weighted by Gasteiger charge is -2.36. The number of nitrogens with one attached hydrogen (secondary N) is 1. The molecule has 1 N–H and O–H groups in total. The fourth-order valence-corrected chi connectivity index (χ4v) is 4.37. The minimum Gasteiger partial charge on any atom is -0.355 e. The lowest BCUT2D eigenvalue weighted by atomic mass is 9.99. The number of hydrogen-bond acceptors (Lipinski definition) is 6. The van der Waals surface area contributed by atoms with Crippen LogP contribution >= 0.6 is 11.5 Å². The van der Waals surface area contributed by atoms with Gasteiger partial charge in [0, 0.05) is 64.3 Å². The Morgan fingerprint density at radius 2 is 1.92 bits per heavy atom. The first-order chi connectivity index (χ1) is 12.7. The monoisotopic (exact) mass is 379 g/mol. The van der Waals surface area contributed by atoms with Gasteiger partial charge in [0.15, 0.2) is 5.96 Å². The average molecular weight is 380 g/mol. The van der Waals surface area contributed by atoms with Gasteiger partial charge in [0.05, 0.1) is 0 Å². The van der Waals surface area contributed by atoms with Crippen LogP contribution in [0.25, 0.3) is 0 Å². The molecule has 1 aromatic rings. The van der Waals surface area contributed by atoms with E-state index in [1.165, 1.54) is 37.5 Å². The van der Waals surface area contributed by atoms with Crippen LogP contribution in [0.4, 0.5) is 5.13 Å². The van der Waals surface area contributed by atoms with Crippen LogP contribution in [0.5, 0.6) is 0 Å². The molecule has 1 aromatic heterocycles. The van der Waals surface area contributed by atoms with Crippen LogP contribution in [0.1, 0.15) is 32.5 Å². The maximum atomic E-state index is 4.61. The van der Waals surface area contributed by atoms with E-state index in [0.717, 1.165) is 68.5 Å². The maximum Gasteiger partial charge on any atom is 0.205 e. The second kappa shape index (κ2) is 9.50. The van der Waals surface area contributed by atoms with Crippen molar-refractivity contribution in [3.63, 3.8) is 0 Å². The van der Waals surface area contributed by atoms with Gasteiger partial charge in [-0.05, 0) is 31.8 Å². The van der Waals surface area contributed by atoms with Gasteiger partial charge in [0.2, 0.25) is 5.13 Å². The number of aryl methyl sites for hydroxylation is 1. The Bertz CT molecular complexity index is 572. The average Bonchev–Trinajstić information content (AvgIpc) is 3.16. The Labute approximate surface area is 161 Å². The maximum absolute atomic E-state index is 4.61. The molecule has 146 valence electrons. The summed E-state index contributed by atoms with van der Waals surface area (Å²) in [6.45, 7) is 12.9. The van der Waals surface area contributed by atoms with E-state index in [9.17, 15) is 0 Å². The molecule has 0 aromatic carbocycles. The standard InChI is InChI=1S/C18H33N7S/c1-4-16-21-18(26-22-16)25-13-11-24(12-14-25)17(19-3)20-7-10-23-8-5-15(2)6-9-23/h15H,4-14H2,1-3H3,(H,19,20). The number of piperidine rings is 1. The van der Waals surface area contributed by atoms with E-state index < -0.39 is 0 Å². The van der Waals surface area contributed by atoms with Crippen LogP contribution in [0, 0.1) is 5.92 Å². The lowest BCUT2D eigenvalue weighted by Crippen LogP contribution is -2.53. The van der Waals surface area contributed by atoms with E-state index in [-0.39, 0.29) is 0 Å². The predicted octanol–water partition coefficient (Wildman–Crippen LogP) is 1.53. The highest BCUT2D eigenvalue weighted by Gasteiger charge is 2.22. The number of anilines is 1. The van der Waals surface area contributed by atoms with Crippen LogP contribution in [0.2, 0.25) is 0 Å². The highest BCUT2D eigenvalue weighted by molar-refractivity contribution is 7.09. The minimum absolute atomic E-state index is 0.893. The van der Waals surface area contributed by atoms with Gasteiger partial charge in [-0.2, -0.15) is 4.37 Å². The van der Waals surface area contributed by atoms with Crippen LogP contribution < -0.4 is 10.2 Å². The first-order valence-corrected chi connectivity index (χ1v) is 10.7. The van der Waals surface area contributed by atoms with Crippen LogP contribution in [-0.4, -0.2) is 84.5 Å². The summed E-state index contributed by atoms with van der Waals surface area (Å²) in [6, 6.07) is 0. The summed E-state index contributed by atoms with van der Waals surface area (Å²) in [5.74, 6) is 2.88. The van der Waals surface area contributed by atoms with Crippen molar-refractivity contribution in [3.05, 3.63) is 5.82 Å². The lowest BCUT2D eigenvalue weighted by molar-refractivity contribution is 0.194. The number of nitrogens with zero attached hydrogens (tertiary/aromatic N) is 6. The third-order valence-electron chi connectivity index (χ3n) is 5.42. The zero-order chi connectivity index (χ0) is 18.4. The molecule has 0 spiro atoms. The molecule has 0 unspecified atom stereocenters. The number of hydrogen-bond donors (Lipinski definition) is 1. The quantitative estimate of drug-likeness (QED) is 0.618. The number of aromatic nitrogens is 2. The third kappa shape index (κ3) is 5.07. The van der Waals surface area contributed by atoms with Gasteiger partial charge < -0.3 is 20.0 Å². The summed E-state index contributed by atoms with van der Waals surface area (Å²) in [6.07, 6.45) is 3.58. The molecule has 8 heteroatoms. The molecule has 0 radical (unpaired) electrons. The number of piperazine rings is 1. The molecule has 26 heavy (non-hydrogen) atoms. The van der Waals surface area contributed by atoms with Crippen LogP contribution in [0.3, 0.4) is 0 Å². The van der Waals surface area contributed by atoms with Crippen molar-refractivity contribution in [2.45, 2.75) is 33.1 Å². The predicted molar refractivity (Wildman–Crippen MR) is 109 cm³/mol. The highest BCUT2D eigenvalue weighted by atomic mass is 32.1. The minimum atomic E-state index is 0.893. The van der Waals surface area contributed by atoms with Gasteiger partial charge in [-0.25, -0.2) is 4.98 Å². The molecule has 0 amide bonds. The Balaban J connectivity index is 1.40. The molecule has 2 aliphatic rings. The van der Waals surface area contributed by atoms with Crippen LogP contribution in [-0.2, 0) is 6.42 Å². The summed E-state index contributed by atoms with van der Waals surface area (Å²) in [5.41, 5.74) is 0. The number of aliphatic imine (C=N–C) groups is 1. The number of rotatable bonds is 5. The van der Waals surface area contributed by atoms with E-state index in [1.54, 1.807) is 0 Å². The molecule has 7 nitrogen and oxygen atoms in total. The third-order valence-corrected chi connectivity index (χ3v) is 6.24. The fourth-order valence-electron chi connectivity index (χ4n) is 3.57. The molecule has 2 aliphatic heterocycles. The first kappa shape index (κ1) is 19.4. The Hall–Kier alpha value is -1.41. The molecule has 0 saturated carbocycles. The number of likely N-dealkylation sites (tertiary alicyclic amines) is 1. The zero-order valence-corrected chi connectivity index (χ0v) is 17.3. The Morgan fingerprint density at radius 1 is 1.19 bits per heavy atom. The van der Waals surface area contributed by atoms with E-state index in [1.807, 2.05) is 7.05 Å². The first-order valence-electron chi connectivity index (χ1n) is 9.95. The Morgan fingerprint density at radius 3 is 2.54 bits per heavy atom. The molecule has 0 bridgehead atoms. The van der Waals surface area contributed by atoms with Crippen LogP contribution in [0.15, 0.2) is 4.99 Å². The molecule has 0 atom stereocenters. The molecule has 3 heterocycles. The van der Waals surface area contributed by atoms with Crippen molar-refractivity contribution in [1.29, 1.82) is 0 Å². The molecular formula is C18H33N7S. The van der Waals surface area contributed by atoms with E-state index in [2.05, 4.69) is 48.2 Å². The highest BCUT2D eigenvalue weighted by Crippen LogP contribution is 2.19. The topological polar surface area (TPSA) is 59.9 Å². The molecule has 2 saturated heterocycles.